The molecule has 1 aromatic carbocycles. The average Bonchev–Trinajstić information content (AvgIpc) is 2.02. The Hall–Kier alpha value is -0.670. The Labute approximate surface area is 94.0 Å². The summed E-state index contributed by atoms with van der Waals surface area (Å²) in [6.07, 6.45) is 0. The van der Waals surface area contributed by atoms with Crippen LogP contribution in [0, 0.1) is 0 Å². The first-order chi connectivity index (χ1) is 6.38. The summed E-state index contributed by atoms with van der Waals surface area (Å²) in [5, 5.41) is 4.55. The highest BCUT2D eigenvalue weighted by molar-refractivity contribution is 9.10. The van der Waals surface area contributed by atoms with E-state index in [0.717, 1.165) is 10.2 Å². The number of hydrogen-bond donors (Lipinski definition) is 0. The van der Waals surface area contributed by atoms with Gasteiger partial charge >= 0.3 is 0 Å². The lowest BCUT2D eigenvalue weighted by Crippen LogP contribution is -2.28. The van der Waals surface area contributed by atoms with E-state index in [1.54, 1.807) is 0 Å². The van der Waals surface area contributed by atoms with E-state index in [0.29, 0.717) is 4.59 Å². The van der Waals surface area contributed by atoms with E-state index in [9.17, 15) is 0 Å². The zero-order valence-corrected chi connectivity index (χ0v) is 10.7. The van der Waals surface area contributed by atoms with Crippen LogP contribution in [0.4, 0.5) is 0 Å². The summed E-state index contributed by atoms with van der Waals surface area (Å²) in [4.78, 5) is 0. The smallest absolute Gasteiger partial charge is 0.0999 e. The Kier molecular flexibility index (Phi) is 3.45. The number of hydrogen-bond acceptors (Lipinski definition) is 1. The summed E-state index contributed by atoms with van der Waals surface area (Å²) in [7, 11) is 6.13. The summed E-state index contributed by atoms with van der Waals surface area (Å²) in [6.45, 7) is 2.03. The Balaban J connectivity index is 2.95. The monoisotopic (exact) mass is 255 g/mol. The predicted molar refractivity (Wildman–Crippen MR) is 64.4 cm³/mol. The second kappa shape index (κ2) is 4.24. The van der Waals surface area contributed by atoms with Crippen molar-refractivity contribution >= 4 is 21.6 Å². The molecule has 0 aromatic heterocycles. The van der Waals surface area contributed by atoms with E-state index in [1.165, 1.54) is 5.56 Å². The van der Waals surface area contributed by atoms with Crippen LogP contribution in [0.1, 0.15) is 12.5 Å². The number of rotatable bonds is 2. The van der Waals surface area contributed by atoms with Crippen molar-refractivity contribution in [3.63, 3.8) is 0 Å². The number of halogens is 1. The van der Waals surface area contributed by atoms with E-state index in [4.69, 9.17) is 0 Å². The maximum absolute atomic E-state index is 4.55. The zero-order chi connectivity index (χ0) is 10.8. The van der Waals surface area contributed by atoms with Crippen molar-refractivity contribution in [3.8, 4) is 0 Å². The van der Waals surface area contributed by atoms with Gasteiger partial charge in [0.15, 0.2) is 0 Å². The first-order valence-corrected chi connectivity index (χ1v) is 5.32. The molecular weight excluding hydrogens is 240 g/mol. The second-order valence-corrected chi connectivity index (χ2v) is 5.05. The van der Waals surface area contributed by atoms with Gasteiger partial charge < -0.3 is 0 Å². The summed E-state index contributed by atoms with van der Waals surface area (Å²) in [5.41, 5.74) is 2.23. The van der Waals surface area contributed by atoms with E-state index in [-0.39, 0.29) is 0 Å². The van der Waals surface area contributed by atoms with Crippen molar-refractivity contribution in [2.75, 3.05) is 21.1 Å². The van der Waals surface area contributed by atoms with Gasteiger partial charge in [-0.05, 0) is 19.1 Å². The lowest BCUT2D eigenvalue weighted by molar-refractivity contribution is -0.877. The first-order valence-electron chi connectivity index (χ1n) is 4.53. The third kappa shape index (κ3) is 3.60. The maximum atomic E-state index is 4.55. The molecule has 0 saturated carbocycles. The molecule has 76 valence electrons. The van der Waals surface area contributed by atoms with Crippen LogP contribution in [0.15, 0.2) is 33.8 Å². The lowest BCUT2D eigenvalue weighted by Gasteiger charge is -2.16. The molecule has 0 N–H and O–H groups in total. The van der Waals surface area contributed by atoms with Crippen LogP contribution in [0.2, 0.25) is 0 Å². The van der Waals surface area contributed by atoms with Gasteiger partial charge in [0, 0.05) is 10.0 Å². The molecule has 0 saturated heterocycles. The fourth-order valence-corrected chi connectivity index (χ4v) is 1.46. The molecule has 0 aliphatic heterocycles. The normalized spacial score (nSPS) is 13.1. The predicted octanol–water partition coefficient (Wildman–Crippen LogP) is 2.88. The minimum atomic E-state index is 0.599. The molecule has 1 aromatic rings. The molecule has 0 radical (unpaired) electrons. The Morgan fingerprint density at radius 2 is 1.64 bits per heavy atom. The van der Waals surface area contributed by atoms with Gasteiger partial charge in [-0.3, -0.25) is 0 Å². The van der Waals surface area contributed by atoms with Crippen LogP contribution in [0.25, 0.3) is 0 Å². The molecule has 0 spiro atoms. The lowest BCUT2D eigenvalue weighted by atomic mass is 10.1. The van der Waals surface area contributed by atoms with Crippen LogP contribution >= 0.6 is 15.9 Å². The average molecular weight is 256 g/mol. The summed E-state index contributed by atoms with van der Waals surface area (Å²) in [5.74, 6) is 0. The van der Waals surface area contributed by atoms with Crippen LogP contribution in [0.5, 0.6) is 0 Å². The Morgan fingerprint density at radius 1 is 1.14 bits per heavy atom. The molecule has 0 bridgehead atoms. The highest BCUT2D eigenvalue weighted by Gasteiger charge is 2.06. The van der Waals surface area contributed by atoms with Crippen LogP contribution in [0.3, 0.4) is 0 Å². The van der Waals surface area contributed by atoms with Crippen molar-refractivity contribution in [1.29, 1.82) is 0 Å². The third-order valence-corrected chi connectivity index (χ3v) is 2.24. The molecule has 0 amide bonds. The fraction of sp³-hybridized carbons (Fsp3) is 0.364. The molecule has 2 nitrogen and oxygen atoms in total. The quantitative estimate of drug-likeness (QED) is 0.438. The van der Waals surface area contributed by atoms with Gasteiger partial charge in [0.1, 0.15) is 0 Å². The number of nitrogens with zero attached hydrogens (tertiary/aromatic N) is 2. The molecule has 0 aliphatic rings. The second-order valence-electron chi connectivity index (χ2n) is 4.13. The summed E-state index contributed by atoms with van der Waals surface area (Å²) < 4.78 is 1.70. The molecule has 1 rings (SSSR count). The van der Waals surface area contributed by atoms with Gasteiger partial charge in [-0.25, -0.2) is 4.59 Å². The third-order valence-electron chi connectivity index (χ3n) is 1.71. The zero-order valence-electron chi connectivity index (χ0n) is 9.08. The Morgan fingerprint density at radius 3 is 2.07 bits per heavy atom. The first kappa shape index (κ1) is 11.4. The van der Waals surface area contributed by atoms with E-state index in [1.807, 2.05) is 40.2 Å². The van der Waals surface area contributed by atoms with Crippen molar-refractivity contribution in [2.24, 2.45) is 5.10 Å². The van der Waals surface area contributed by atoms with Gasteiger partial charge in [0.25, 0.3) is 0 Å². The Bertz CT molecular complexity index is 333. The van der Waals surface area contributed by atoms with Gasteiger partial charge in [0.2, 0.25) is 0 Å². The van der Waals surface area contributed by atoms with Crippen LogP contribution in [-0.4, -0.2) is 31.4 Å². The number of quaternary nitrogens is 1. The van der Waals surface area contributed by atoms with E-state index < -0.39 is 0 Å². The van der Waals surface area contributed by atoms with Crippen molar-refractivity contribution in [2.45, 2.75) is 6.92 Å². The van der Waals surface area contributed by atoms with Crippen molar-refractivity contribution in [3.05, 3.63) is 34.3 Å². The SMILES string of the molecule is C/C(=N\[N+](C)(C)C)c1ccc(Br)cc1. The highest BCUT2D eigenvalue weighted by atomic mass is 79.9. The topological polar surface area (TPSA) is 12.4 Å². The van der Waals surface area contributed by atoms with E-state index in [2.05, 4.69) is 33.2 Å². The van der Waals surface area contributed by atoms with Crippen molar-refractivity contribution in [1.82, 2.24) is 0 Å². The molecule has 3 heteroatoms. The minimum absolute atomic E-state index is 0.599. The molecule has 0 heterocycles. The molecule has 0 atom stereocenters. The van der Waals surface area contributed by atoms with Gasteiger partial charge in [-0.1, -0.05) is 33.2 Å². The van der Waals surface area contributed by atoms with Crippen LogP contribution < -0.4 is 0 Å². The number of benzene rings is 1. The molecular formula is C11H16BrN2+. The van der Waals surface area contributed by atoms with Crippen LogP contribution in [-0.2, 0) is 0 Å². The molecule has 0 unspecified atom stereocenters. The van der Waals surface area contributed by atoms with E-state index >= 15 is 0 Å². The largest absolute Gasteiger partial charge is 0.205 e. The maximum Gasteiger partial charge on any atom is 0.0999 e. The van der Waals surface area contributed by atoms with Crippen molar-refractivity contribution < 1.29 is 4.59 Å². The highest BCUT2D eigenvalue weighted by Crippen LogP contribution is 2.11. The molecule has 14 heavy (non-hydrogen) atoms. The van der Waals surface area contributed by atoms with Gasteiger partial charge in [-0.2, -0.15) is 0 Å². The minimum Gasteiger partial charge on any atom is -0.205 e. The molecule has 0 fully saturated rings. The summed E-state index contributed by atoms with van der Waals surface area (Å²) >= 11 is 3.41. The standard InChI is InChI=1S/C11H16BrN2/c1-9(13-14(2,3)4)10-5-7-11(12)8-6-10/h5-8H,1-4H3/q+1/b13-9+. The molecule has 0 aliphatic carbocycles. The van der Waals surface area contributed by atoms with Gasteiger partial charge in [0.05, 0.1) is 26.9 Å². The summed E-state index contributed by atoms with van der Waals surface area (Å²) in [6, 6.07) is 8.20. The fourth-order valence-electron chi connectivity index (χ4n) is 1.20. The van der Waals surface area contributed by atoms with Gasteiger partial charge in [-0.15, -0.1) is 0 Å².